The Kier molecular flexibility index (Phi) is 7.25. The number of fused-ring (bicyclic) bond motifs is 1. The van der Waals surface area contributed by atoms with Crippen LogP contribution >= 0.6 is 35.1 Å². The molecule has 0 aliphatic carbocycles. The van der Waals surface area contributed by atoms with Gasteiger partial charge < -0.3 is 9.47 Å². The summed E-state index contributed by atoms with van der Waals surface area (Å²) >= 11 is 3.00. The van der Waals surface area contributed by atoms with E-state index in [1.54, 1.807) is 12.0 Å². The van der Waals surface area contributed by atoms with E-state index < -0.39 is 0 Å². The van der Waals surface area contributed by atoms with E-state index in [-0.39, 0.29) is 18.3 Å². The van der Waals surface area contributed by atoms with Gasteiger partial charge in [0.25, 0.3) is 5.91 Å². The molecule has 0 atom stereocenters. The van der Waals surface area contributed by atoms with E-state index in [0.717, 1.165) is 58.8 Å². The van der Waals surface area contributed by atoms with Crippen LogP contribution in [0.3, 0.4) is 0 Å². The van der Waals surface area contributed by atoms with Crippen LogP contribution in [0.2, 0.25) is 0 Å². The summed E-state index contributed by atoms with van der Waals surface area (Å²) in [4.78, 5) is 22.7. The van der Waals surface area contributed by atoms with E-state index >= 15 is 0 Å². The summed E-state index contributed by atoms with van der Waals surface area (Å²) in [5, 5.41) is 2.65. The van der Waals surface area contributed by atoms with Crippen molar-refractivity contribution in [2.45, 2.75) is 0 Å². The molecule has 3 aromatic rings. The summed E-state index contributed by atoms with van der Waals surface area (Å²) in [6.45, 7) is 4.71. The highest BCUT2D eigenvalue weighted by Gasteiger charge is 2.23. The Morgan fingerprint density at radius 2 is 2.14 bits per heavy atom. The van der Waals surface area contributed by atoms with Crippen LogP contribution in [0.15, 0.2) is 35.7 Å². The molecule has 9 heteroatoms. The van der Waals surface area contributed by atoms with Crippen LogP contribution in [0, 0.1) is 0 Å². The van der Waals surface area contributed by atoms with E-state index in [4.69, 9.17) is 14.5 Å². The van der Waals surface area contributed by atoms with Crippen LogP contribution in [-0.4, -0.2) is 62.3 Å². The molecule has 3 heterocycles. The van der Waals surface area contributed by atoms with Crippen molar-refractivity contribution in [3.8, 4) is 5.75 Å². The number of methoxy groups -OCH3 is 1. The van der Waals surface area contributed by atoms with Crippen molar-refractivity contribution in [2.24, 2.45) is 0 Å². The molecule has 0 N–H and O–H groups in total. The van der Waals surface area contributed by atoms with Crippen molar-refractivity contribution in [1.29, 1.82) is 0 Å². The maximum Gasteiger partial charge on any atom is 0.270 e. The lowest BCUT2D eigenvalue weighted by molar-refractivity contribution is 0.0391. The molecule has 28 heavy (non-hydrogen) atoms. The first kappa shape index (κ1) is 21.0. The average Bonchev–Trinajstić information content (AvgIpc) is 3.38. The minimum Gasteiger partial charge on any atom is -0.497 e. The summed E-state index contributed by atoms with van der Waals surface area (Å²) < 4.78 is 11.8. The fourth-order valence-electron chi connectivity index (χ4n) is 3.02. The van der Waals surface area contributed by atoms with Gasteiger partial charge in [-0.1, -0.05) is 17.4 Å². The lowest BCUT2D eigenvalue weighted by atomic mass is 10.3. The predicted octanol–water partition coefficient (Wildman–Crippen LogP) is 3.77. The lowest BCUT2D eigenvalue weighted by Gasteiger charge is -2.29. The molecule has 0 unspecified atom stereocenters. The van der Waals surface area contributed by atoms with Gasteiger partial charge >= 0.3 is 0 Å². The number of halogens is 1. The van der Waals surface area contributed by atoms with Gasteiger partial charge in [0.05, 0.1) is 35.4 Å². The number of morpholine rings is 1. The molecular weight excluding hydrogens is 418 g/mol. The molecule has 1 aromatic carbocycles. The second kappa shape index (κ2) is 9.67. The summed E-state index contributed by atoms with van der Waals surface area (Å²) in [5.41, 5.74) is 0.852. The number of amides is 1. The summed E-state index contributed by atoms with van der Waals surface area (Å²) in [7, 11) is 1.64. The summed E-state index contributed by atoms with van der Waals surface area (Å²) in [6, 6.07) is 9.59. The van der Waals surface area contributed by atoms with Gasteiger partial charge in [-0.3, -0.25) is 14.6 Å². The van der Waals surface area contributed by atoms with Crippen LogP contribution in [0.4, 0.5) is 5.13 Å². The number of nitrogens with zero attached hydrogens (tertiary/aromatic N) is 3. The number of thiazole rings is 1. The maximum atomic E-state index is 13.1. The van der Waals surface area contributed by atoms with Crippen LogP contribution < -0.4 is 9.64 Å². The second-order valence-corrected chi connectivity index (χ2v) is 8.17. The largest absolute Gasteiger partial charge is 0.497 e. The Balaban J connectivity index is 0.00000225. The number of benzene rings is 1. The van der Waals surface area contributed by atoms with Crippen molar-refractivity contribution in [3.05, 3.63) is 40.6 Å². The Hall–Kier alpha value is -1.71. The molecule has 2 aromatic heterocycles. The highest BCUT2D eigenvalue weighted by Crippen LogP contribution is 2.32. The smallest absolute Gasteiger partial charge is 0.270 e. The van der Waals surface area contributed by atoms with Crippen LogP contribution in [-0.2, 0) is 4.74 Å². The molecule has 1 aliphatic rings. The quantitative estimate of drug-likeness (QED) is 0.585. The van der Waals surface area contributed by atoms with Crippen LogP contribution in [0.1, 0.15) is 9.67 Å². The first-order valence-electron chi connectivity index (χ1n) is 8.84. The first-order valence-corrected chi connectivity index (χ1v) is 10.5. The molecule has 0 saturated carbocycles. The lowest BCUT2D eigenvalue weighted by Crippen LogP contribution is -2.43. The number of hydrogen-bond acceptors (Lipinski definition) is 7. The van der Waals surface area contributed by atoms with Crippen molar-refractivity contribution >= 4 is 56.3 Å². The van der Waals surface area contributed by atoms with Gasteiger partial charge in [-0.25, -0.2) is 4.98 Å². The maximum absolute atomic E-state index is 13.1. The zero-order chi connectivity index (χ0) is 18.6. The molecule has 1 amide bonds. The molecule has 1 aliphatic heterocycles. The van der Waals surface area contributed by atoms with Gasteiger partial charge in [-0.15, -0.1) is 23.7 Å². The van der Waals surface area contributed by atoms with E-state index in [2.05, 4.69) is 4.90 Å². The Bertz CT molecular complexity index is 910. The van der Waals surface area contributed by atoms with Gasteiger partial charge in [-0.05, 0) is 23.6 Å². The molecule has 0 radical (unpaired) electrons. The third-order valence-corrected chi connectivity index (χ3v) is 6.45. The number of carbonyl (C=O) groups is 1. The number of anilines is 1. The highest BCUT2D eigenvalue weighted by molar-refractivity contribution is 7.22. The topological polar surface area (TPSA) is 54.9 Å². The van der Waals surface area contributed by atoms with E-state index in [0.29, 0.717) is 6.54 Å². The summed E-state index contributed by atoms with van der Waals surface area (Å²) in [6.07, 6.45) is 0. The monoisotopic (exact) mass is 439 g/mol. The fraction of sp³-hybridized carbons (Fsp3) is 0.368. The molecule has 0 spiro atoms. The van der Waals surface area contributed by atoms with E-state index in [1.165, 1.54) is 22.7 Å². The Morgan fingerprint density at radius 3 is 2.86 bits per heavy atom. The van der Waals surface area contributed by atoms with Gasteiger partial charge in [0, 0.05) is 32.2 Å². The van der Waals surface area contributed by atoms with Crippen LogP contribution in [0.25, 0.3) is 10.2 Å². The Morgan fingerprint density at radius 1 is 1.32 bits per heavy atom. The number of ether oxygens (including phenoxy) is 2. The molecule has 6 nitrogen and oxygen atoms in total. The van der Waals surface area contributed by atoms with Gasteiger partial charge in [0.1, 0.15) is 5.75 Å². The van der Waals surface area contributed by atoms with Gasteiger partial charge in [0.15, 0.2) is 5.13 Å². The van der Waals surface area contributed by atoms with E-state index in [1.807, 2.05) is 35.7 Å². The normalized spacial score (nSPS) is 14.6. The third kappa shape index (κ3) is 4.64. The molecule has 150 valence electrons. The number of carbonyl (C=O) groups excluding carboxylic acids is 1. The van der Waals surface area contributed by atoms with Gasteiger partial charge in [0.2, 0.25) is 0 Å². The van der Waals surface area contributed by atoms with Crippen molar-refractivity contribution in [3.63, 3.8) is 0 Å². The second-order valence-electron chi connectivity index (χ2n) is 6.22. The van der Waals surface area contributed by atoms with Crippen molar-refractivity contribution < 1.29 is 14.3 Å². The number of hydrogen-bond donors (Lipinski definition) is 0. The number of rotatable bonds is 6. The standard InChI is InChI=1S/C19H21N3O3S2.ClH/c1-24-14-4-5-16-15(13-14)20-19(27-16)22(18(23)17-3-2-12-26-17)7-6-21-8-10-25-11-9-21;/h2-5,12-13H,6-11H2,1H3;1H. The fourth-order valence-corrected chi connectivity index (χ4v) is 4.66. The molecule has 0 bridgehead atoms. The van der Waals surface area contributed by atoms with Crippen LogP contribution in [0.5, 0.6) is 5.75 Å². The highest BCUT2D eigenvalue weighted by atomic mass is 35.5. The first-order chi connectivity index (χ1) is 13.2. The molecular formula is C19H22ClN3O3S2. The zero-order valence-electron chi connectivity index (χ0n) is 15.5. The number of aromatic nitrogens is 1. The number of thiophene rings is 1. The third-order valence-electron chi connectivity index (χ3n) is 4.54. The van der Waals surface area contributed by atoms with Crippen molar-refractivity contribution in [1.82, 2.24) is 9.88 Å². The summed E-state index contributed by atoms with van der Waals surface area (Å²) in [5.74, 6) is 0.771. The predicted molar refractivity (Wildman–Crippen MR) is 117 cm³/mol. The molecule has 1 fully saturated rings. The minimum absolute atomic E-state index is 0. The average molecular weight is 440 g/mol. The Labute approximate surface area is 178 Å². The van der Waals surface area contributed by atoms with Crippen molar-refractivity contribution in [2.75, 3.05) is 51.4 Å². The molecule has 4 rings (SSSR count). The SMILES string of the molecule is COc1ccc2sc(N(CCN3CCOCC3)C(=O)c3cccs3)nc2c1.Cl. The zero-order valence-corrected chi connectivity index (χ0v) is 17.9. The van der Waals surface area contributed by atoms with E-state index in [9.17, 15) is 4.79 Å². The van der Waals surface area contributed by atoms with Gasteiger partial charge in [-0.2, -0.15) is 0 Å². The molecule has 1 saturated heterocycles. The minimum atomic E-state index is 0.